The van der Waals surface area contributed by atoms with Crippen LogP contribution in [0, 0.1) is 0 Å². The van der Waals surface area contributed by atoms with Crippen molar-refractivity contribution in [1.82, 2.24) is 20.2 Å². The minimum Gasteiger partial charge on any atom is -0.327 e. The van der Waals surface area contributed by atoms with Crippen LogP contribution in [0.3, 0.4) is 0 Å². The lowest BCUT2D eigenvalue weighted by molar-refractivity contribution is -0.116. The number of rotatable bonds is 7. The molecule has 1 unspecified atom stereocenters. The van der Waals surface area contributed by atoms with E-state index < -0.39 is 0 Å². The van der Waals surface area contributed by atoms with Gasteiger partial charge in [0.15, 0.2) is 0 Å². The minimum absolute atomic E-state index is 0. The molecule has 1 amide bonds. The van der Waals surface area contributed by atoms with Gasteiger partial charge < -0.3 is 11.1 Å². The van der Waals surface area contributed by atoms with Crippen molar-refractivity contribution < 1.29 is 4.79 Å². The largest absolute Gasteiger partial charge is 0.327 e. The standard InChI is InChI=1S/C19H22N6O.ClH/c1-14(20)13-18(26)21-17-9-7-15(8-10-17)11-12-25-23-19(22-24-25)16-5-3-2-4-6-16;/h2-10,14H,11-13,20H2,1H3,(H,21,26);1H. The van der Waals surface area contributed by atoms with E-state index in [9.17, 15) is 4.79 Å². The first-order valence-electron chi connectivity index (χ1n) is 8.58. The van der Waals surface area contributed by atoms with E-state index in [1.165, 1.54) is 0 Å². The molecule has 0 radical (unpaired) electrons. The number of anilines is 1. The average Bonchev–Trinajstić information content (AvgIpc) is 3.10. The zero-order chi connectivity index (χ0) is 18.4. The van der Waals surface area contributed by atoms with E-state index in [4.69, 9.17) is 5.73 Å². The van der Waals surface area contributed by atoms with Crippen LogP contribution < -0.4 is 11.1 Å². The number of hydrogen-bond donors (Lipinski definition) is 2. The van der Waals surface area contributed by atoms with Gasteiger partial charge in [0.2, 0.25) is 11.7 Å². The van der Waals surface area contributed by atoms with Gasteiger partial charge in [-0.3, -0.25) is 4.79 Å². The number of nitrogens with zero attached hydrogens (tertiary/aromatic N) is 4. The number of aromatic nitrogens is 4. The number of aryl methyl sites for hydroxylation is 2. The molecular weight excluding hydrogens is 364 g/mol. The Hall–Kier alpha value is -2.77. The topological polar surface area (TPSA) is 98.7 Å². The number of carbonyl (C=O) groups excluding carboxylic acids is 1. The molecular formula is C19H23ClN6O. The Balaban J connectivity index is 0.00000261. The lowest BCUT2D eigenvalue weighted by Crippen LogP contribution is -2.23. The number of hydrogen-bond acceptors (Lipinski definition) is 5. The van der Waals surface area contributed by atoms with Gasteiger partial charge in [-0.25, -0.2) is 0 Å². The van der Waals surface area contributed by atoms with Crippen LogP contribution in [-0.4, -0.2) is 32.2 Å². The first-order valence-corrected chi connectivity index (χ1v) is 8.58. The second kappa shape index (κ2) is 9.80. The van der Waals surface area contributed by atoms with Crippen molar-refractivity contribution >= 4 is 24.0 Å². The van der Waals surface area contributed by atoms with E-state index >= 15 is 0 Å². The summed E-state index contributed by atoms with van der Waals surface area (Å²) in [4.78, 5) is 13.3. The SMILES string of the molecule is CC(N)CC(=O)Nc1ccc(CCn2nnc(-c3ccccc3)n2)cc1.Cl. The van der Waals surface area contributed by atoms with Crippen molar-refractivity contribution in [3.05, 3.63) is 60.2 Å². The fourth-order valence-electron chi connectivity index (χ4n) is 2.53. The third-order valence-corrected chi connectivity index (χ3v) is 3.83. The molecule has 3 aromatic rings. The van der Waals surface area contributed by atoms with Gasteiger partial charge in [-0.1, -0.05) is 42.5 Å². The maximum Gasteiger partial charge on any atom is 0.225 e. The smallest absolute Gasteiger partial charge is 0.225 e. The molecule has 0 spiro atoms. The summed E-state index contributed by atoms with van der Waals surface area (Å²) in [7, 11) is 0. The van der Waals surface area contributed by atoms with Gasteiger partial charge >= 0.3 is 0 Å². The summed E-state index contributed by atoms with van der Waals surface area (Å²) in [6.45, 7) is 2.44. The Morgan fingerprint density at radius 1 is 1.15 bits per heavy atom. The summed E-state index contributed by atoms with van der Waals surface area (Å²) >= 11 is 0. The minimum atomic E-state index is -0.148. The van der Waals surface area contributed by atoms with Crippen LogP contribution in [0.1, 0.15) is 18.9 Å². The van der Waals surface area contributed by atoms with E-state index in [-0.39, 0.29) is 24.4 Å². The molecule has 0 aliphatic rings. The maximum absolute atomic E-state index is 11.7. The number of tetrazole rings is 1. The highest BCUT2D eigenvalue weighted by Crippen LogP contribution is 2.13. The highest BCUT2D eigenvalue weighted by molar-refractivity contribution is 5.91. The molecule has 1 atom stereocenters. The third-order valence-electron chi connectivity index (χ3n) is 3.83. The quantitative estimate of drug-likeness (QED) is 0.650. The van der Waals surface area contributed by atoms with Crippen molar-refractivity contribution in [2.24, 2.45) is 5.73 Å². The molecule has 27 heavy (non-hydrogen) atoms. The van der Waals surface area contributed by atoms with Gasteiger partial charge in [0.1, 0.15) is 0 Å². The Morgan fingerprint density at radius 3 is 2.52 bits per heavy atom. The monoisotopic (exact) mass is 386 g/mol. The second-order valence-electron chi connectivity index (χ2n) is 6.25. The van der Waals surface area contributed by atoms with Crippen molar-refractivity contribution in [1.29, 1.82) is 0 Å². The Kier molecular flexibility index (Phi) is 7.45. The van der Waals surface area contributed by atoms with Crippen LogP contribution in [0.2, 0.25) is 0 Å². The first kappa shape index (κ1) is 20.5. The fraction of sp³-hybridized carbons (Fsp3) is 0.263. The van der Waals surface area contributed by atoms with Crippen LogP contribution in [0.4, 0.5) is 5.69 Å². The number of amides is 1. The van der Waals surface area contributed by atoms with Crippen LogP contribution in [0.5, 0.6) is 0 Å². The Morgan fingerprint density at radius 2 is 1.85 bits per heavy atom. The van der Waals surface area contributed by atoms with Crippen LogP contribution in [-0.2, 0) is 17.8 Å². The molecule has 7 nitrogen and oxygen atoms in total. The number of benzene rings is 2. The van der Waals surface area contributed by atoms with Gasteiger partial charge in [0, 0.05) is 23.7 Å². The Bertz CT molecular complexity index is 848. The molecule has 8 heteroatoms. The Labute approximate surface area is 164 Å². The van der Waals surface area contributed by atoms with Crippen molar-refractivity contribution in [2.45, 2.75) is 32.4 Å². The molecule has 0 bridgehead atoms. The first-order chi connectivity index (χ1) is 12.6. The van der Waals surface area contributed by atoms with E-state index in [0.29, 0.717) is 18.8 Å². The molecule has 0 saturated heterocycles. The van der Waals surface area contributed by atoms with Gasteiger partial charge in [0.05, 0.1) is 6.54 Å². The lowest BCUT2D eigenvalue weighted by Gasteiger charge is -2.08. The number of nitrogens with two attached hydrogens (primary N) is 1. The molecule has 0 fully saturated rings. The van der Waals surface area contributed by atoms with Crippen molar-refractivity contribution in [3.8, 4) is 11.4 Å². The molecule has 1 heterocycles. The lowest BCUT2D eigenvalue weighted by atomic mass is 10.1. The van der Waals surface area contributed by atoms with Gasteiger partial charge in [-0.05, 0) is 36.3 Å². The van der Waals surface area contributed by atoms with Crippen LogP contribution >= 0.6 is 12.4 Å². The molecule has 0 saturated carbocycles. The van der Waals surface area contributed by atoms with Gasteiger partial charge in [-0.15, -0.1) is 22.6 Å². The van der Waals surface area contributed by atoms with Gasteiger partial charge in [0.25, 0.3) is 0 Å². The van der Waals surface area contributed by atoms with E-state index in [0.717, 1.165) is 23.2 Å². The summed E-state index contributed by atoms with van der Waals surface area (Å²) < 4.78 is 0. The van der Waals surface area contributed by atoms with E-state index in [1.54, 1.807) is 4.80 Å². The summed E-state index contributed by atoms with van der Waals surface area (Å²) in [5, 5.41) is 15.4. The summed E-state index contributed by atoms with van der Waals surface area (Å²) in [6, 6.07) is 17.4. The summed E-state index contributed by atoms with van der Waals surface area (Å²) in [6.07, 6.45) is 1.09. The van der Waals surface area contributed by atoms with E-state index in [1.807, 2.05) is 61.5 Å². The van der Waals surface area contributed by atoms with E-state index in [2.05, 4.69) is 20.7 Å². The number of halogens is 1. The molecule has 0 aliphatic heterocycles. The zero-order valence-corrected chi connectivity index (χ0v) is 15.9. The highest BCUT2D eigenvalue weighted by atomic mass is 35.5. The molecule has 3 N–H and O–H groups in total. The van der Waals surface area contributed by atoms with Crippen molar-refractivity contribution in [2.75, 3.05) is 5.32 Å². The summed E-state index contributed by atoms with van der Waals surface area (Å²) in [5.74, 6) is 0.547. The van der Waals surface area contributed by atoms with Gasteiger partial charge in [-0.2, -0.15) is 4.80 Å². The van der Waals surface area contributed by atoms with Crippen molar-refractivity contribution in [3.63, 3.8) is 0 Å². The summed E-state index contributed by atoms with van der Waals surface area (Å²) in [5.41, 5.74) is 8.48. The number of carbonyl (C=O) groups is 1. The molecule has 0 aliphatic carbocycles. The predicted octanol–water partition coefficient (Wildman–Crippen LogP) is 2.68. The highest BCUT2D eigenvalue weighted by Gasteiger charge is 2.07. The van der Waals surface area contributed by atoms with Crippen LogP contribution in [0.25, 0.3) is 11.4 Å². The second-order valence-corrected chi connectivity index (χ2v) is 6.25. The molecule has 2 aromatic carbocycles. The molecule has 3 rings (SSSR count). The molecule has 1 aromatic heterocycles. The maximum atomic E-state index is 11.7. The predicted molar refractivity (Wildman–Crippen MR) is 108 cm³/mol. The van der Waals surface area contributed by atoms with Crippen LogP contribution in [0.15, 0.2) is 54.6 Å². The normalized spacial score (nSPS) is 11.5. The fourth-order valence-corrected chi connectivity index (χ4v) is 2.53. The molecule has 142 valence electrons. The zero-order valence-electron chi connectivity index (χ0n) is 15.1. The number of nitrogens with one attached hydrogen (secondary N) is 1. The average molecular weight is 387 g/mol. The third kappa shape index (κ3) is 6.16.